The van der Waals surface area contributed by atoms with Crippen molar-refractivity contribution in [2.24, 2.45) is 5.92 Å². The summed E-state index contributed by atoms with van der Waals surface area (Å²) in [5.74, 6) is -1.40. The van der Waals surface area contributed by atoms with E-state index in [4.69, 9.17) is 0 Å². The lowest BCUT2D eigenvalue weighted by Gasteiger charge is -2.19. The lowest BCUT2D eigenvalue weighted by molar-refractivity contribution is -0.136. The third-order valence-corrected chi connectivity index (χ3v) is 3.99. The van der Waals surface area contributed by atoms with Crippen LogP contribution < -0.4 is 10.6 Å². The maximum atomic E-state index is 11.8. The third-order valence-electron chi connectivity index (χ3n) is 3.99. The molecular weight excluding hydrogens is 292 g/mol. The number of nitrogens with one attached hydrogen (secondary N) is 2. The highest BCUT2D eigenvalue weighted by atomic mass is 16.3. The highest BCUT2D eigenvalue weighted by Gasteiger charge is 2.18. The molecule has 0 aliphatic heterocycles. The summed E-state index contributed by atoms with van der Waals surface area (Å²) in [6.45, 7) is 10.3. The zero-order valence-corrected chi connectivity index (χ0v) is 14.6. The van der Waals surface area contributed by atoms with Gasteiger partial charge in [-0.25, -0.2) is 0 Å². The lowest BCUT2D eigenvalue weighted by atomic mass is 9.87. The molecule has 0 aliphatic carbocycles. The number of hydrogen-bond donors (Lipinski definition) is 3. The van der Waals surface area contributed by atoms with Gasteiger partial charge in [-0.3, -0.25) is 9.59 Å². The summed E-state index contributed by atoms with van der Waals surface area (Å²) in [7, 11) is 0. The summed E-state index contributed by atoms with van der Waals surface area (Å²) < 4.78 is 0. The molecule has 0 spiro atoms. The summed E-state index contributed by atoms with van der Waals surface area (Å²) in [6.07, 6.45) is 0.159. The van der Waals surface area contributed by atoms with Crippen LogP contribution in [0.3, 0.4) is 0 Å². The Hall–Kier alpha value is -1.88. The van der Waals surface area contributed by atoms with Crippen LogP contribution in [0.4, 0.5) is 5.69 Å². The average molecular weight is 320 g/mol. The van der Waals surface area contributed by atoms with Gasteiger partial charge in [0.2, 0.25) is 0 Å². The van der Waals surface area contributed by atoms with Crippen molar-refractivity contribution in [3.63, 3.8) is 0 Å². The molecule has 0 radical (unpaired) electrons. The van der Waals surface area contributed by atoms with Crippen LogP contribution >= 0.6 is 0 Å². The average Bonchev–Trinajstić information content (AvgIpc) is 2.50. The van der Waals surface area contributed by atoms with Crippen LogP contribution in [0.1, 0.15) is 46.6 Å². The van der Waals surface area contributed by atoms with E-state index in [0.717, 1.165) is 12.0 Å². The number of anilines is 1. The van der Waals surface area contributed by atoms with Crippen molar-refractivity contribution >= 4 is 17.5 Å². The number of carbonyl (C=O) groups is 2. The van der Waals surface area contributed by atoms with Crippen LogP contribution in [0.2, 0.25) is 0 Å². The zero-order valence-electron chi connectivity index (χ0n) is 14.6. The van der Waals surface area contributed by atoms with Crippen molar-refractivity contribution in [1.82, 2.24) is 5.32 Å². The zero-order chi connectivity index (χ0) is 17.6. The molecule has 2 atom stereocenters. The fourth-order valence-electron chi connectivity index (χ4n) is 1.99. The van der Waals surface area contributed by atoms with Gasteiger partial charge in [-0.2, -0.15) is 0 Å². The number of hydrogen-bond acceptors (Lipinski definition) is 3. The first-order chi connectivity index (χ1) is 10.6. The Balaban J connectivity index is 2.54. The molecule has 0 heterocycles. The van der Waals surface area contributed by atoms with Crippen LogP contribution in [0, 0.1) is 5.92 Å². The predicted octanol–water partition coefficient (Wildman–Crippen LogP) is 2.45. The smallest absolute Gasteiger partial charge is 0.313 e. The number of benzene rings is 1. The van der Waals surface area contributed by atoms with Gasteiger partial charge in [-0.15, -0.1) is 0 Å². The second-order valence-corrected chi connectivity index (χ2v) is 6.94. The van der Waals surface area contributed by atoms with Gasteiger partial charge in [-0.05, 0) is 29.0 Å². The van der Waals surface area contributed by atoms with Crippen LogP contribution in [0.5, 0.6) is 0 Å². The lowest BCUT2D eigenvalue weighted by Crippen LogP contribution is -2.41. The van der Waals surface area contributed by atoms with E-state index in [9.17, 15) is 14.7 Å². The quantitative estimate of drug-likeness (QED) is 0.729. The fraction of sp³-hybridized carbons (Fsp3) is 0.556. The summed E-state index contributed by atoms with van der Waals surface area (Å²) in [4.78, 5) is 23.6. The van der Waals surface area contributed by atoms with Gasteiger partial charge in [0.05, 0.1) is 6.10 Å². The minimum Gasteiger partial charge on any atom is -0.391 e. The van der Waals surface area contributed by atoms with E-state index in [-0.39, 0.29) is 17.9 Å². The van der Waals surface area contributed by atoms with Gasteiger partial charge in [0, 0.05) is 12.2 Å². The number of amides is 2. The Kier molecular flexibility index (Phi) is 6.76. The molecule has 1 aromatic carbocycles. The first-order valence-electron chi connectivity index (χ1n) is 8.03. The van der Waals surface area contributed by atoms with Gasteiger partial charge in [0.15, 0.2) is 0 Å². The fourth-order valence-corrected chi connectivity index (χ4v) is 1.99. The Morgan fingerprint density at radius 1 is 1.13 bits per heavy atom. The molecule has 0 fully saturated rings. The predicted molar refractivity (Wildman–Crippen MR) is 92.2 cm³/mol. The topological polar surface area (TPSA) is 78.4 Å². The maximum Gasteiger partial charge on any atom is 0.313 e. The molecule has 0 bridgehead atoms. The van der Waals surface area contributed by atoms with E-state index >= 15 is 0 Å². The Labute approximate surface area is 138 Å². The molecule has 2 unspecified atom stereocenters. The summed E-state index contributed by atoms with van der Waals surface area (Å²) in [5, 5.41) is 14.8. The van der Waals surface area contributed by atoms with Crippen molar-refractivity contribution in [1.29, 1.82) is 0 Å². The molecule has 1 aromatic rings. The Bertz CT molecular complexity index is 532. The highest BCUT2D eigenvalue weighted by Crippen LogP contribution is 2.23. The molecule has 0 saturated heterocycles. The van der Waals surface area contributed by atoms with Crippen LogP contribution in [0.25, 0.3) is 0 Å². The minimum atomic E-state index is -0.743. The molecule has 2 amide bonds. The van der Waals surface area contributed by atoms with E-state index < -0.39 is 17.9 Å². The number of rotatable bonds is 5. The van der Waals surface area contributed by atoms with Crippen LogP contribution in [0.15, 0.2) is 24.3 Å². The van der Waals surface area contributed by atoms with Gasteiger partial charge < -0.3 is 15.7 Å². The number of aliphatic hydroxyl groups is 1. The molecule has 23 heavy (non-hydrogen) atoms. The summed E-state index contributed by atoms with van der Waals surface area (Å²) in [6, 6.07) is 7.42. The van der Waals surface area contributed by atoms with E-state index in [0.29, 0.717) is 5.69 Å². The van der Waals surface area contributed by atoms with E-state index in [1.807, 2.05) is 26.0 Å². The number of aliphatic hydroxyl groups excluding tert-OH is 1. The Morgan fingerprint density at radius 2 is 1.70 bits per heavy atom. The second-order valence-electron chi connectivity index (χ2n) is 6.94. The monoisotopic (exact) mass is 320 g/mol. The summed E-state index contributed by atoms with van der Waals surface area (Å²) >= 11 is 0. The molecule has 0 aromatic heterocycles. The van der Waals surface area contributed by atoms with Crippen molar-refractivity contribution in [3.05, 3.63) is 29.8 Å². The van der Waals surface area contributed by atoms with Gasteiger partial charge >= 0.3 is 11.8 Å². The largest absolute Gasteiger partial charge is 0.391 e. The molecule has 5 heteroatoms. The first kappa shape index (κ1) is 19.2. The molecule has 128 valence electrons. The van der Waals surface area contributed by atoms with Crippen molar-refractivity contribution in [2.75, 3.05) is 11.9 Å². The molecule has 0 saturated carbocycles. The van der Waals surface area contributed by atoms with Crippen molar-refractivity contribution in [2.45, 2.75) is 52.6 Å². The van der Waals surface area contributed by atoms with Crippen LogP contribution in [-0.4, -0.2) is 29.6 Å². The molecule has 1 rings (SSSR count). The van der Waals surface area contributed by atoms with E-state index in [2.05, 4.69) is 31.4 Å². The standard InChI is InChI=1S/C18H28N2O3/c1-6-12(2)15(21)11-19-16(22)17(23)20-14-9-7-13(8-10-14)18(3,4)5/h7-10,12,15,21H,6,11H2,1-5H3,(H,19,22)(H,20,23). The van der Waals surface area contributed by atoms with Crippen LogP contribution in [-0.2, 0) is 15.0 Å². The highest BCUT2D eigenvalue weighted by molar-refractivity contribution is 6.39. The molecule has 5 nitrogen and oxygen atoms in total. The second kappa shape index (κ2) is 8.11. The Morgan fingerprint density at radius 3 is 2.17 bits per heavy atom. The molecule has 3 N–H and O–H groups in total. The van der Waals surface area contributed by atoms with E-state index in [1.54, 1.807) is 12.1 Å². The molecular formula is C18H28N2O3. The molecule has 0 aliphatic rings. The third kappa shape index (κ3) is 6.02. The van der Waals surface area contributed by atoms with Gasteiger partial charge in [0.25, 0.3) is 0 Å². The van der Waals surface area contributed by atoms with Gasteiger partial charge in [0.1, 0.15) is 0 Å². The van der Waals surface area contributed by atoms with Gasteiger partial charge in [-0.1, -0.05) is 53.2 Å². The minimum absolute atomic E-state index is 0.0338. The number of carbonyl (C=O) groups excluding carboxylic acids is 2. The SMILES string of the molecule is CCC(C)C(O)CNC(=O)C(=O)Nc1ccc(C(C)(C)C)cc1. The van der Waals surface area contributed by atoms with Crippen molar-refractivity contribution in [3.8, 4) is 0 Å². The normalized spacial score (nSPS) is 14.0. The van der Waals surface area contributed by atoms with Crippen molar-refractivity contribution < 1.29 is 14.7 Å². The maximum absolute atomic E-state index is 11.8. The summed E-state index contributed by atoms with van der Waals surface area (Å²) in [5.41, 5.74) is 1.75. The van der Waals surface area contributed by atoms with E-state index in [1.165, 1.54) is 0 Å². The first-order valence-corrected chi connectivity index (χ1v) is 8.03.